The Hall–Kier alpha value is -0.390. The first-order valence-corrected chi connectivity index (χ1v) is 6.25. The Morgan fingerprint density at radius 1 is 1.44 bits per heavy atom. The predicted molar refractivity (Wildman–Crippen MR) is 60.2 cm³/mol. The number of hydrogen-bond acceptors (Lipinski definition) is 5. The molecule has 1 amide bonds. The van der Waals surface area contributed by atoms with Gasteiger partial charge in [-0.15, -0.1) is 0 Å². The molecule has 0 aromatic rings. The fourth-order valence-electron chi connectivity index (χ4n) is 0.743. The van der Waals surface area contributed by atoms with E-state index in [4.69, 9.17) is 16.1 Å². The van der Waals surface area contributed by atoms with Gasteiger partial charge in [-0.2, -0.15) is 0 Å². The number of phosphoric ester groups is 1. The summed E-state index contributed by atoms with van der Waals surface area (Å²) in [6, 6.07) is 0. The van der Waals surface area contributed by atoms with Crippen molar-refractivity contribution in [2.24, 2.45) is 0 Å². The van der Waals surface area contributed by atoms with E-state index < -0.39 is 7.82 Å². The fraction of sp³-hybridized carbons (Fsp3) is 0.625. The Bertz CT molecular complexity index is 295. The molecule has 0 spiro atoms. The third-order valence-corrected chi connectivity index (χ3v) is 2.93. The zero-order chi connectivity index (χ0) is 12.6. The lowest BCUT2D eigenvalue weighted by Gasteiger charge is -2.12. The number of halogens is 1. The summed E-state index contributed by atoms with van der Waals surface area (Å²) < 4.78 is 25.2. The first-order valence-electron chi connectivity index (χ1n) is 4.41. The Labute approximate surface area is 99.5 Å². The van der Waals surface area contributed by atoms with Crippen LogP contribution >= 0.6 is 19.4 Å². The second-order valence-corrected chi connectivity index (χ2v) is 5.15. The molecule has 0 aromatic heterocycles. The number of amides is 1. The van der Waals surface area contributed by atoms with Crippen molar-refractivity contribution in [2.45, 2.75) is 6.92 Å². The average Bonchev–Trinajstić information content (AvgIpc) is 2.23. The molecule has 0 aromatic carbocycles. The van der Waals surface area contributed by atoms with Gasteiger partial charge in [0.2, 0.25) is 5.91 Å². The lowest BCUT2D eigenvalue weighted by atomic mass is 10.5. The maximum Gasteiger partial charge on any atom is 0.474 e. The minimum atomic E-state index is -3.46. The van der Waals surface area contributed by atoms with Gasteiger partial charge in [-0.25, -0.2) is 4.57 Å². The van der Waals surface area contributed by atoms with E-state index in [1.165, 1.54) is 20.3 Å². The van der Waals surface area contributed by atoms with Gasteiger partial charge in [-0.1, -0.05) is 11.6 Å². The molecular weight excluding hydrogens is 257 g/mol. The topological polar surface area (TPSA) is 73.9 Å². The maximum absolute atomic E-state index is 11.4. The summed E-state index contributed by atoms with van der Waals surface area (Å²) in [5.41, 5.74) is 0. The molecular formula is C8H15ClNO5P. The molecule has 94 valence electrons. The zero-order valence-electron chi connectivity index (χ0n) is 9.36. The number of rotatable bonds is 7. The summed E-state index contributed by atoms with van der Waals surface area (Å²) >= 11 is 5.49. The molecule has 0 bridgehead atoms. The van der Waals surface area contributed by atoms with Crippen LogP contribution in [0.1, 0.15) is 6.92 Å². The molecule has 8 heteroatoms. The number of allylic oxidation sites excluding steroid dienone is 1. The molecule has 0 aliphatic carbocycles. The fourth-order valence-corrected chi connectivity index (χ4v) is 1.52. The van der Waals surface area contributed by atoms with E-state index in [-0.39, 0.29) is 19.1 Å². The predicted octanol–water partition coefficient (Wildman–Crippen LogP) is 1.66. The molecule has 0 radical (unpaired) electrons. The zero-order valence-corrected chi connectivity index (χ0v) is 11.0. The van der Waals surface area contributed by atoms with Crippen molar-refractivity contribution in [2.75, 3.05) is 27.4 Å². The summed E-state index contributed by atoms with van der Waals surface area (Å²) in [6.45, 7) is 1.78. The molecule has 0 saturated carbocycles. The van der Waals surface area contributed by atoms with E-state index in [2.05, 4.69) is 14.4 Å². The maximum atomic E-state index is 11.4. The van der Waals surface area contributed by atoms with Crippen molar-refractivity contribution in [1.29, 1.82) is 0 Å². The van der Waals surface area contributed by atoms with Gasteiger partial charge in [0.25, 0.3) is 0 Å². The first kappa shape index (κ1) is 15.6. The highest BCUT2D eigenvalue weighted by atomic mass is 35.5. The number of carbonyl (C=O) groups is 1. The highest BCUT2D eigenvalue weighted by Crippen LogP contribution is 2.47. The molecule has 0 rings (SSSR count). The number of phosphoric acid groups is 1. The van der Waals surface area contributed by atoms with Crippen LogP contribution < -0.4 is 5.32 Å². The van der Waals surface area contributed by atoms with Crippen LogP contribution in [0.2, 0.25) is 0 Å². The van der Waals surface area contributed by atoms with Crippen LogP contribution in [-0.4, -0.2) is 33.3 Å². The summed E-state index contributed by atoms with van der Waals surface area (Å²) in [7, 11) is -1.04. The smallest absolute Gasteiger partial charge is 0.350 e. The largest absolute Gasteiger partial charge is 0.474 e. The number of hydrogen-bond donors (Lipinski definition) is 1. The van der Waals surface area contributed by atoms with E-state index in [9.17, 15) is 9.36 Å². The minimum absolute atomic E-state index is 0.0138. The number of nitrogens with one attached hydrogen (secondary N) is 1. The molecule has 0 fully saturated rings. The van der Waals surface area contributed by atoms with Gasteiger partial charge in [-0.3, -0.25) is 18.4 Å². The van der Waals surface area contributed by atoms with E-state index in [0.717, 1.165) is 0 Å². The lowest BCUT2D eigenvalue weighted by molar-refractivity contribution is -0.116. The summed E-state index contributed by atoms with van der Waals surface area (Å²) in [5.74, 6) is -0.347. The van der Waals surface area contributed by atoms with Crippen LogP contribution in [0.15, 0.2) is 11.1 Å². The molecule has 1 N–H and O–H groups in total. The summed E-state index contributed by atoms with van der Waals surface area (Å²) in [5, 5.41) is 2.85. The summed E-state index contributed by atoms with van der Waals surface area (Å²) in [6.07, 6.45) is 1.23. The Morgan fingerprint density at radius 3 is 2.44 bits per heavy atom. The van der Waals surface area contributed by atoms with Crippen molar-refractivity contribution in [1.82, 2.24) is 5.32 Å². The quantitative estimate of drug-likeness (QED) is 0.433. The van der Waals surface area contributed by atoms with Gasteiger partial charge in [0.1, 0.15) is 0 Å². The Balaban J connectivity index is 3.81. The van der Waals surface area contributed by atoms with Crippen LogP contribution in [0, 0.1) is 0 Å². The van der Waals surface area contributed by atoms with Crippen molar-refractivity contribution in [3.05, 3.63) is 11.1 Å². The molecule has 0 saturated heterocycles. The van der Waals surface area contributed by atoms with Crippen LogP contribution in [0.25, 0.3) is 0 Å². The van der Waals surface area contributed by atoms with E-state index >= 15 is 0 Å². The minimum Gasteiger partial charge on any atom is -0.350 e. The van der Waals surface area contributed by atoms with Gasteiger partial charge < -0.3 is 5.32 Å². The molecule has 16 heavy (non-hydrogen) atoms. The van der Waals surface area contributed by atoms with Gasteiger partial charge in [-0.05, 0) is 6.92 Å². The van der Waals surface area contributed by atoms with Gasteiger partial charge in [0, 0.05) is 31.9 Å². The van der Waals surface area contributed by atoms with E-state index in [0.29, 0.717) is 5.03 Å². The van der Waals surface area contributed by atoms with E-state index in [1.807, 2.05) is 0 Å². The standard InChI is InChI=1S/C8H15ClNO5P/c1-7(9)6-8(11)10-4-5-15-16(12,13-2)14-3/h6H,4-5H2,1-3H3,(H,10,11)/b7-6+. The van der Waals surface area contributed by atoms with Gasteiger partial charge >= 0.3 is 7.82 Å². The molecule has 6 nitrogen and oxygen atoms in total. The van der Waals surface area contributed by atoms with Gasteiger partial charge in [0.05, 0.1) is 6.61 Å². The van der Waals surface area contributed by atoms with Crippen molar-refractivity contribution in [3.8, 4) is 0 Å². The van der Waals surface area contributed by atoms with Crippen LogP contribution in [-0.2, 0) is 22.9 Å². The van der Waals surface area contributed by atoms with Crippen molar-refractivity contribution >= 4 is 25.3 Å². The first-order chi connectivity index (χ1) is 7.43. The Morgan fingerprint density at radius 2 is 2.00 bits per heavy atom. The van der Waals surface area contributed by atoms with Crippen molar-refractivity contribution in [3.63, 3.8) is 0 Å². The average molecular weight is 272 g/mol. The third kappa shape index (κ3) is 6.98. The molecule has 0 unspecified atom stereocenters. The van der Waals surface area contributed by atoms with Crippen molar-refractivity contribution < 1.29 is 22.9 Å². The number of carbonyl (C=O) groups excluding carboxylic acids is 1. The second kappa shape index (κ2) is 7.81. The van der Waals surface area contributed by atoms with Crippen LogP contribution in [0.4, 0.5) is 0 Å². The SMILES string of the molecule is COP(=O)(OC)OCCNC(=O)/C=C(\C)Cl. The lowest BCUT2D eigenvalue weighted by Crippen LogP contribution is -2.25. The normalized spacial score (nSPS) is 12.6. The monoisotopic (exact) mass is 271 g/mol. The van der Waals surface area contributed by atoms with Crippen LogP contribution in [0.5, 0.6) is 0 Å². The molecule has 0 atom stereocenters. The molecule has 0 heterocycles. The second-order valence-electron chi connectivity index (χ2n) is 2.67. The molecule has 0 aliphatic heterocycles. The van der Waals surface area contributed by atoms with Gasteiger partial charge in [0.15, 0.2) is 0 Å². The molecule has 0 aliphatic rings. The Kier molecular flexibility index (Phi) is 7.62. The third-order valence-electron chi connectivity index (χ3n) is 1.43. The highest BCUT2D eigenvalue weighted by molar-refractivity contribution is 7.48. The van der Waals surface area contributed by atoms with E-state index in [1.54, 1.807) is 6.92 Å². The summed E-state index contributed by atoms with van der Waals surface area (Å²) in [4.78, 5) is 11.1. The van der Waals surface area contributed by atoms with Crippen LogP contribution in [0.3, 0.4) is 0 Å². The highest BCUT2D eigenvalue weighted by Gasteiger charge is 2.21.